The number of likely N-dealkylation sites (tertiary alicyclic amines) is 2. The highest BCUT2D eigenvalue weighted by Crippen LogP contribution is 2.38. The number of nitro benzene ring substituents is 1. The summed E-state index contributed by atoms with van der Waals surface area (Å²) in [6.07, 6.45) is 7.43. The Labute approximate surface area is 266 Å². The Bertz CT molecular complexity index is 1260. The number of carboxylic acids is 1. The first-order chi connectivity index (χ1) is 21.8. The lowest BCUT2D eigenvalue weighted by Crippen LogP contribution is -2.49. The fraction of sp³-hybridized carbons (Fsp3) is 0.600. The number of aliphatic carboxylic acids is 1. The van der Waals surface area contributed by atoms with Gasteiger partial charge in [0.05, 0.1) is 11.5 Å². The van der Waals surface area contributed by atoms with Crippen LogP contribution in [0.5, 0.6) is 0 Å². The number of piperidine rings is 1. The molecule has 0 aromatic heterocycles. The molecule has 0 radical (unpaired) electrons. The zero-order valence-electron chi connectivity index (χ0n) is 26.5. The first-order valence-corrected chi connectivity index (χ1v) is 16.7. The average Bonchev–Trinajstić information content (AvgIpc) is 3.46. The molecule has 2 aromatic rings. The Balaban J connectivity index is 1.15. The highest BCUT2D eigenvalue weighted by molar-refractivity contribution is 5.74. The standard InChI is InChI=1S/C35H48N4O6/c1-2-38(35(42)45-22-19-26-13-15-31(16-14-26)39(43)44)30-17-20-36(21-18-30)23-29-24-37(25-32(29)27-9-5-3-6-10-27)33(34(40)41)28-11-7-4-8-12-28/h3,5-6,9-10,13-16,28-30,32-33H,2,4,7-8,11-12,17-25H2,1H3,(H,40,41). The molecular formula is C35H48N4O6. The van der Waals surface area contributed by atoms with Crippen LogP contribution in [0.15, 0.2) is 54.6 Å². The normalized spacial score (nSPS) is 22.6. The van der Waals surface area contributed by atoms with Crippen LogP contribution in [0.1, 0.15) is 68.9 Å². The van der Waals surface area contributed by atoms with Gasteiger partial charge in [0.15, 0.2) is 0 Å². The number of nitro groups is 1. The Hall–Kier alpha value is -3.50. The number of rotatable bonds is 12. The van der Waals surface area contributed by atoms with E-state index in [0.29, 0.717) is 24.8 Å². The molecule has 2 saturated heterocycles. The minimum absolute atomic E-state index is 0.0454. The predicted octanol–water partition coefficient (Wildman–Crippen LogP) is 5.81. The number of benzene rings is 2. The fourth-order valence-electron chi connectivity index (χ4n) is 7.91. The molecule has 3 aliphatic rings. The third kappa shape index (κ3) is 8.41. The molecule has 1 N–H and O–H groups in total. The lowest BCUT2D eigenvalue weighted by Gasteiger charge is -2.39. The summed E-state index contributed by atoms with van der Waals surface area (Å²) in [5, 5.41) is 21.2. The summed E-state index contributed by atoms with van der Waals surface area (Å²) in [6, 6.07) is 16.6. The number of hydrogen-bond donors (Lipinski definition) is 1. The van der Waals surface area contributed by atoms with Crippen molar-refractivity contribution in [3.63, 3.8) is 0 Å². The van der Waals surface area contributed by atoms with Gasteiger partial charge in [-0.25, -0.2) is 4.79 Å². The number of carbonyl (C=O) groups is 2. The summed E-state index contributed by atoms with van der Waals surface area (Å²) in [5.74, 6) is 0.207. The SMILES string of the molecule is CCN(C(=O)OCCc1ccc([N+](=O)[O-])cc1)C1CCN(CC2CN(C(C(=O)O)C3CCCCC3)CC2c2ccccc2)CC1. The zero-order valence-corrected chi connectivity index (χ0v) is 26.5. The summed E-state index contributed by atoms with van der Waals surface area (Å²) in [7, 11) is 0. The van der Waals surface area contributed by atoms with Crippen LogP contribution in [0.4, 0.5) is 10.5 Å². The molecule has 2 heterocycles. The number of non-ortho nitro benzene ring substituents is 1. The lowest BCUT2D eigenvalue weighted by molar-refractivity contribution is -0.384. The van der Waals surface area contributed by atoms with E-state index in [9.17, 15) is 24.8 Å². The van der Waals surface area contributed by atoms with E-state index in [1.54, 1.807) is 12.1 Å². The van der Waals surface area contributed by atoms with Crippen molar-refractivity contribution < 1.29 is 24.4 Å². The van der Waals surface area contributed by atoms with Crippen molar-refractivity contribution in [1.29, 1.82) is 0 Å². The second kappa shape index (κ2) is 15.7. The van der Waals surface area contributed by atoms with Gasteiger partial charge in [0.1, 0.15) is 6.04 Å². The largest absolute Gasteiger partial charge is 0.480 e. The molecule has 45 heavy (non-hydrogen) atoms. The van der Waals surface area contributed by atoms with Crippen LogP contribution in [0.25, 0.3) is 0 Å². The molecule has 2 aromatic carbocycles. The number of nitrogens with zero attached hydrogens (tertiary/aromatic N) is 4. The number of carboxylic acid groups (broad SMARTS) is 1. The third-order valence-electron chi connectivity index (χ3n) is 10.3. The minimum atomic E-state index is -0.672. The summed E-state index contributed by atoms with van der Waals surface area (Å²) in [6.45, 7) is 7.07. The summed E-state index contributed by atoms with van der Waals surface area (Å²) in [5.41, 5.74) is 2.22. The Morgan fingerprint density at radius 1 is 1.00 bits per heavy atom. The van der Waals surface area contributed by atoms with Gasteiger partial charge in [-0.1, -0.05) is 61.7 Å². The Morgan fingerprint density at radius 3 is 2.31 bits per heavy atom. The number of carbonyl (C=O) groups excluding carboxylic acids is 1. The fourth-order valence-corrected chi connectivity index (χ4v) is 7.91. The van der Waals surface area contributed by atoms with Crippen LogP contribution in [-0.4, -0.2) is 94.8 Å². The van der Waals surface area contributed by atoms with Crippen LogP contribution in [0.3, 0.4) is 0 Å². The molecule has 2 aliphatic heterocycles. The van der Waals surface area contributed by atoms with E-state index in [1.807, 2.05) is 17.9 Å². The van der Waals surface area contributed by atoms with E-state index in [0.717, 1.165) is 76.8 Å². The quantitative estimate of drug-likeness (QED) is 0.234. The van der Waals surface area contributed by atoms with E-state index in [4.69, 9.17) is 4.74 Å². The third-order valence-corrected chi connectivity index (χ3v) is 10.3. The molecule has 1 amide bonds. The van der Waals surface area contributed by atoms with Gasteiger partial charge in [0, 0.05) is 69.8 Å². The number of hydrogen-bond acceptors (Lipinski definition) is 7. The van der Waals surface area contributed by atoms with Gasteiger partial charge in [-0.2, -0.15) is 0 Å². The monoisotopic (exact) mass is 620 g/mol. The smallest absolute Gasteiger partial charge is 0.410 e. The predicted molar refractivity (Wildman–Crippen MR) is 172 cm³/mol. The van der Waals surface area contributed by atoms with Crippen molar-refractivity contribution in [1.82, 2.24) is 14.7 Å². The van der Waals surface area contributed by atoms with Crippen molar-refractivity contribution in [3.8, 4) is 0 Å². The molecule has 244 valence electrons. The lowest BCUT2D eigenvalue weighted by atomic mass is 9.83. The molecule has 5 rings (SSSR count). The van der Waals surface area contributed by atoms with Gasteiger partial charge in [-0.15, -0.1) is 0 Å². The molecule has 0 spiro atoms. The van der Waals surface area contributed by atoms with Gasteiger partial charge in [0.2, 0.25) is 0 Å². The maximum Gasteiger partial charge on any atom is 0.410 e. The van der Waals surface area contributed by atoms with Gasteiger partial charge >= 0.3 is 12.1 Å². The van der Waals surface area contributed by atoms with Crippen LogP contribution in [0.2, 0.25) is 0 Å². The van der Waals surface area contributed by atoms with Crippen molar-refractivity contribution in [2.45, 2.75) is 76.3 Å². The maximum atomic E-state index is 13.0. The first-order valence-electron chi connectivity index (χ1n) is 16.7. The molecule has 3 fully saturated rings. The van der Waals surface area contributed by atoms with E-state index < -0.39 is 16.9 Å². The second-order valence-corrected chi connectivity index (χ2v) is 13.0. The van der Waals surface area contributed by atoms with Gasteiger partial charge in [-0.3, -0.25) is 19.8 Å². The molecular weight excluding hydrogens is 572 g/mol. The summed E-state index contributed by atoms with van der Waals surface area (Å²) >= 11 is 0. The van der Waals surface area contributed by atoms with E-state index in [1.165, 1.54) is 24.1 Å². The maximum absolute atomic E-state index is 13.0. The summed E-state index contributed by atoms with van der Waals surface area (Å²) in [4.78, 5) is 42.6. The van der Waals surface area contributed by atoms with Crippen LogP contribution < -0.4 is 0 Å². The van der Waals surface area contributed by atoms with Gasteiger partial charge in [0.25, 0.3) is 5.69 Å². The molecule has 1 saturated carbocycles. The number of amides is 1. The van der Waals surface area contributed by atoms with Crippen LogP contribution >= 0.6 is 0 Å². The van der Waals surface area contributed by atoms with E-state index in [-0.39, 0.29) is 30.3 Å². The molecule has 0 bridgehead atoms. The molecule has 1 aliphatic carbocycles. The molecule has 10 heteroatoms. The highest BCUT2D eigenvalue weighted by atomic mass is 16.6. The molecule has 10 nitrogen and oxygen atoms in total. The van der Waals surface area contributed by atoms with Gasteiger partial charge < -0.3 is 19.6 Å². The van der Waals surface area contributed by atoms with Crippen molar-refractivity contribution in [2.75, 3.05) is 45.9 Å². The molecule has 3 unspecified atom stereocenters. The molecule has 3 atom stereocenters. The first kappa shape index (κ1) is 32.9. The Morgan fingerprint density at radius 2 is 1.69 bits per heavy atom. The zero-order chi connectivity index (χ0) is 31.8. The van der Waals surface area contributed by atoms with Crippen molar-refractivity contribution in [2.24, 2.45) is 11.8 Å². The van der Waals surface area contributed by atoms with E-state index in [2.05, 4.69) is 34.1 Å². The second-order valence-electron chi connectivity index (χ2n) is 13.0. The highest BCUT2D eigenvalue weighted by Gasteiger charge is 2.43. The minimum Gasteiger partial charge on any atom is -0.480 e. The van der Waals surface area contributed by atoms with E-state index >= 15 is 0 Å². The Kier molecular flexibility index (Phi) is 11.5. The average molecular weight is 621 g/mol. The van der Waals surface area contributed by atoms with Crippen molar-refractivity contribution >= 4 is 17.7 Å². The topological polar surface area (TPSA) is 116 Å². The summed E-state index contributed by atoms with van der Waals surface area (Å²) < 4.78 is 5.62. The number of ether oxygens (including phenoxy) is 1. The van der Waals surface area contributed by atoms with Crippen LogP contribution in [0, 0.1) is 22.0 Å². The van der Waals surface area contributed by atoms with Gasteiger partial charge in [-0.05, 0) is 55.6 Å². The van der Waals surface area contributed by atoms with Crippen molar-refractivity contribution in [3.05, 3.63) is 75.8 Å². The van der Waals surface area contributed by atoms with Crippen LogP contribution in [-0.2, 0) is 16.0 Å².